The van der Waals surface area contributed by atoms with Gasteiger partial charge in [-0.25, -0.2) is 0 Å². The number of nitrogens with zero attached hydrogens (tertiary/aromatic N) is 1. The average Bonchev–Trinajstić information content (AvgIpc) is 2.58. The van der Waals surface area contributed by atoms with Gasteiger partial charge in [0.2, 0.25) is 0 Å². The molecule has 1 amide bonds. The van der Waals surface area contributed by atoms with E-state index in [1.54, 1.807) is 18.2 Å². The summed E-state index contributed by atoms with van der Waals surface area (Å²) in [6, 6.07) is 5.95. The first kappa shape index (κ1) is 11.7. The molecule has 0 spiro atoms. The van der Waals surface area contributed by atoms with Crippen LogP contribution >= 0.6 is 24.0 Å². The summed E-state index contributed by atoms with van der Waals surface area (Å²) >= 11 is 6.02. The molecule has 0 aromatic heterocycles. The van der Waals surface area contributed by atoms with Gasteiger partial charge in [0, 0.05) is 12.1 Å². The number of nitro benzene ring substituents is 1. The fourth-order valence-electron chi connectivity index (χ4n) is 1.26. The Morgan fingerprint density at radius 2 is 2.00 bits per heavy atom. The molecule has 0 radical (unpaired) electrons. The summed E-state index contributed by atoms with van der Waals surface area (Å²) in [5.41, 5.74) is 0.740. The number of carbonyl (C=O) groups excluding carboxylic acids is 1. The van der Waals surface area contributed by atoms with Gasteiger partial charge in [0.15, 0.2) is 0 Å². The van der Waals surface area contributed by atoms with Crippen LogP contribution in [0.2, 0.25) is 0 Å². The van der Waals surface area contributed by atoms with Gasteiger partial charge in [-0.2, -0.15) is 0 Å². The maximum Gasteiger partial charge on any atom is 0.269 e. The molecule has 1 heterocycles. The molecule has 1 aliphatic heterocycles. The van der Waals surface area contributed by atoms with E-state index in [9.17, 15) is 14.9 Å². The quantitative estimate of drug-likeness (QED) is 0.384. The zero-order valence-corrected chi connectivity index (χ0v) is 10.0. The zero-order chi connectivity index (χ0) is 12.4. The Balaban J connectivity index is 2.24. The van der Waals surface area contributed by atoms with E-state index in [0.717, 1.165) is 5.56 Å². The highest BCUT2D eigenvalue weighted by Gasteiger charge is 2.21. The molecule has 86 valence electrons. The molecule has 0 aliphatic carbocycles. The van der Waals surface area contributed by atoms with Crippen molar-refractivity contribution in [2.75, 3.05) is 0 Å². The lowest BCUT2D eigenvalue weighted by molar-refractivity contribution is -0.384. The Labute approximate surface area is 106 Å². The van der Waals surface area contributed by atoms with Crippen LogP contribution in [-0.2, 0) is 4.79 Å². The van der Waals surface area contributed by atoms with Gasteiger partial charge in [-0.05, 0) is 23.8 Å². The van der Waals surface area contributed by atoms with Crippen LogP contribution in [0.4, 0.5) is 5.69 Å². The molecule has 0 bridgehead atoms. The SMILES string of the molecule is O=C1NC(=S)S/C1=C\c1ccc([N+](=O)[O-])cc1. The van der Waals surface area contributed by atoms with E-state index >= 15 is 0 Å². The van der Waals surface area contributed by atoms with Gasteiger partial charge in [0.05, 0.1) is 9.83 Å². The second kappa shape index (κ2) is 4.64. The molecule has 1 saturated heterocycles. The van der Waals surface area contributed by atoms with Gasteiger partial charge >= 0.3 is 0 Å². The molecule has 5 nitrogen and oxygen atoms in total. The minimum atomic E-state index is -0.469. The Bertz CT molecular complexity index is 537. The second-order valence-electron chi connectivity index (χ2n) is 3.20. The summed E-state index contributed by atoms with van der Waals surface area (Å²) in [5, 5.41) is 13.0. The summed E-state index contributed by atoms with van der Waals surface area (Å²) in [5.74, 6) is -0.238. The van der Waals surface area contributed by atoms with Gasteiger partial charge in [-0.3, -0.25) is 14.9 Å². The van der Waals surface area contributed by atoms with E-state index < -0.39 is 4.92 Å². The van der Waals surface area contributed by atoms with Crippen molar-refractivity contribution in [3.05, 3.63) is 44.8 Å². The summed E-state index contributed by atoms with van der Waals surface area (Å²) in [7, 11) is 0. The average molecular weight is 266 g/mol. The molecular formula is C10H6N2O3S2. The number of amides is 1. The summed E-state index contributed by atoms with van der Waals surface area (Å²) in [6.45, 7) is 0. The molecule has 1 fully saturated rings. The summed E-state index contributed by atoms with van der Waals surface area (Å²) < 4.78 is 0.420. The molecule has 1 aromatic rings. The van der Waals surface area contributed by atoms with Crippen LogP contribution < -0.4 is 5.32 Å². The predicted octanol–water partition coefficient (Wildman–Crippen LogP) is 2.08. The Morgan fingerprint density at radius 1 is 1.35 bits per heavy atom. The Kier molecular flexibility index (Phi) is 3.21. The minimum absolute atomic E-state index is 0.0196. The molecule has 1 N–H and O–H groups in total. The van der Waals surface area contributed by atoms with E-state index in [1.165, 1.54) is 23.9 Å². The number of non-ortho nitro benzene ring substituents is 1. The number of thiocarbonyl (C=S) groups is 1. The molecule has 0 saturated carbocycles. The van der Waals surface area contributed by atoms with E-state index in [1.807, 2.05) is 0 Å². The van der Waals surface area contributed by atoms with Crippen LogP contribution in [0.1, 0.15) is 5.56 Å². The van der Waals surface area contributed by atoms with Crippen LogP contribution in [0.15, 0.2) is 29.2 Å². The molecule has 7 heteroatoms. The van der Waals surface area contributed by atoms with Crippen molar-refractivity contribution < 1.29 is 9.72 Å². The topological polar surface area (TPSA) is 72.2 Å². The highest BCUT2D eigenvalue weighted by molar-refractivity contribution is 8.26. The van der Waals surface area contributed by atoms with Crippen molar-refractivity contribution in [2.45, 2.75) is 0 Å². The number of carbonyl (C=O) groups is 1. The summed E-state index contributed by atoms with van der Waals surface area (Å²) in [4.78, 5) is 21.8. The van der Waals surface area contributed by atoms with Crippen LogP contribution in [0, 0.1) is 10.1 Å². The number of benzene rings is 1. The molecule has 1 aliphatic rings. The van der Waals surface area contributed by atoms with Crippen molar-refractivity contribution in [2.24, 2.45) is 0 Å². The van der Waals surface area contributed by atoms with Gasteiger partial charge in [-0.15, -0.1) is 0 Å². The van der Waals surface area contributed by atoms with Crippen LogP contribution in [0.5, 0.6) is 0 Å². The standard InChI is InChI=1S/C10H6N2O3S2/c13-9-8(17-10(16)11-9)5-6-1-3-7(4-2-6)12(14)15/h1-5H,(H,11,13,16)/b8-5-. The smallest absolute Gasteiger partial charge is 0.269 e. The maximum absolute atomic E-state index is 11.4. The second-order valence-corrected chi connectivity index (χ2v) is 4.92. The monoisotopic (exact) mass is 266 g/mol. The lowest BCUT2D eigenvalue weighted by atomic mass is 10.2. The van der Waals surface area contributed by atoms with Crippen LogP contribution in [0.3, 0.4) is 0 Å². The van der Waals surface area contributed by atoms with E-state index in [2.05, 4.69) is 5.32 Å². The minimum Gasteiger partial charge on any atom is -0.307 e. The molecule has 0 unspecified atom stereocenters. The number of hydrogen-bond acceptors (Lipinski definition) is 5. The Morgan fingerprint density at radius 3 is 2.47 bits per heavy atom. The van der Waals surface area contributed by atoms with E-state index in [0.29, 0.717) is 9.23 Å². The van der Waals surface area contributed by atoms with Crippen molar-refractivity contribution in [1.29, 1.82) is 0 Å². The molecule has 0 atom stereocenters. The van der Waals surface area contributed by atoms with Gasteiger partial charge in [-0.1, -0.05) is 24.0 Å². The van der Waals surface area contributed by atoms with Crippen molar-refractivity contribution >= 4 is 46.0 Å². The largest absolute Gasteiger partial charge is 0.307 e. The first-order valence-electron chi connectivity index (χ1n) is 4.55. The first-order chi connectivity index (χ1) is 8.06. The molecule has 17 heavy (non-hydrogen) atoms. The molecular weight excluding hydrogens is 260 g/mol. The number of nitrogens with one attached hydrogen (secondary N) is 1. The number of thioether (sulfide) groups is 1. The lowest BCUT2D eigenvalue weighted by Gasteiger charge is -1.95. The summed E-state index contributed by atoms with van der Waals surface area (Å²) in [6.07, 6.45) is 1.64. The van der Waals surface area contributed by atoms with Gasteiger partial charge in [0.1, 0.15) is 4.32 Å². The van der Waals surface area contributed by atoms with Gasteiger partial charge in [0.25, 0.3) is 11.6 Å². The fraction of sp³-hybridized carbons (Fsp3) is 0. The molecule has 2 rings (SSSR count). The predicted molar refractivity (Wildman–Crippen MR) is 69.4 cm³/mol. The third kappa shape index (κ3) is 2.69. The maximum atomic E-state index is 11.4. The lowest BCUT2D eigenvalue weighted by Crippen LogP contribution is -2.17. The van der Waals surface area contributed by atoms with E-state index in [4.69, 9.17) is 12.2 Å². The highest BCUT2D eigenvalue weighted by Crippen LogP contribution is 2.26. The first-order valence-corrected chi connectivity index (χ1v) is 5.78. The van der Waals surface area contributed by atoms with Crippen LogP contribution in [0.25, 0.3) is 6.08 Å². The van der Waals surface area contributed by atoms with Crippen molar-refractivity contribution in [3.8, 4) is 0 Å². The Hall–Kier alpha value is -1.73. The van der Waals surface area contributed by atoms with E-state index in [-0.39, 0.29) is 11.6 Å². The van der Waals surface area contributed by atoms with Crippen LogP contribution in [-0.4, -0.2) is 15.2 Å². The number of nitro groups is 1. The van der Waals surface area contributed by atoms with Gasteiger partial charge < -0.3 is 5.32 Å². The molecule has 1 aromatic carbocycles. The number of hydrogen-bond donors (Lipinski definition) is 1. The van der Waals surface area contributed by atoms with Crippen molar-refractivity contribution in [3.63, 3.8) is 0 Å². The van der Waals surface area contributed by atoms with Crippen molar-refractivity contribution in [1.82, 2.24) is 5.32 Å². The third-order valence-corrected chi connectivity index (χ3v) is 3.21. The zero-order valence-electron chi connectivity index (χ0n) is 8.38. The fourth-order valence-corrected chi connectivity index (χ4v) is 2.31. The number of rotatable bonds is 2. The third-order valence-electron chi connectivity index (χ3n) is 2.04. The highest BCUT2D eigenvalue weighted by atomic mass is 32.2. The normalized spacial score (nSPS) is 17.3.